The van der Waals surface area contributed by atoms with E-state index in [1.165, 1.54) is 6.07 Å². The van der Waals surface area contributed by atoms with Crippen LogP contribution in [0.15, 0.2) is 12.1 Å². The Hall–Kier alpha value is -1.33. The molecular weight excluding hydrogens is 271 g/mol. The van der Waals surface area contributed by atoms with Crippen molar-refractivity contribution in [3.05, 3.63) is 28.5 Å². The summed E-state index contributed by atoms with van der Waals surface area (Å²) in [7, 11) is 1.93. The van der Waals surface area contributed by atoms with Crippen molar-refractivity contribution in [3.63, 3.8) is 0 Å². The van der Waals surface area contributed by atoms with E-state index in [1.807, 2.05) is 11.9 Å². The van der Waals surface area contributed by atoms with Gasteiger partial charge in [0.2, 0.25) is 0 Å². The lowest BCUT2D eigenvalue weighted by molar-refractivity contribution is -0.0418. The SMILES string of the molecule is CN1CCC[C@@]2(C1)OC(=O)Nc1ccc(Cl)c(F)c12. The monoisotopic (exact) mass is 284 g/mol. The molecule has 0 aliphatic carbocycles. The van der Waals surface area contributed by atoms with Crippen LogP contribution in [0.25, 0.3) is 0 Å². The fourth-order valence-electron chi connectivity index (χ4n) is 2.98. The number of carbonyl (C=O) groups excluding carboxylic acids is 1. The number of ether oxygens (including phenoxy) is 1. The van der Waals surface area contributed by atoms with Crippen molar-refractivity contribution in [1.29, 1.82) is 0 Å². The molecule has 1 spiro atoms. The van der Waals surface area contributed by atoms with Gasteiger partial charge in [-0.25, -0.2) is 9.18 Å². The first-order valence-corrected chi connectivity index (χ1v) is 6.57. The summed E-state index contributed by atoms with van der Waals surface area (Å²) < 4.78 is 19.8. The molecule has 1 aromatic carbocycles. The highest BCUT2D eigenvalue weighted by atomic mass is 35.5. The smallest absolute Gasteiger partial charge is 0.412 e. The zero-order chi connectivity index (χ0) is 13.6. The van der Waals surface area contributed by atoms with Gasteiger partial charge in [0.25, 0.3) is 0 Å². The van der Waals surface area contributed by atoms with Gasteiger partial charge in [0.15, 0.2) is 11.4 Å². The number of rotatable bonds is 0. The molecule has 0 aromatic heterocycles. The number of halogens is 2. The quantitative estimate of drug-likeness (QED) is 0.796. The Morgan fingerprint density at radius 1 is 1.53 bits per heavy atom. The van der Waals surface area contributed by atoms with E-state index in [4.69, 9.17) is 16.3 Å². The maximum Gasteiger partial charge on any atom is 0.412 e. The van der Waals surface area contributed by atoms with Crippen LogP contribution in [0, 0.1) is 5.82 Å². The summed E-state index contributed by atoms with van der Waals surface area (Å²) in [4.78, 5) is 13.7. The van der Waals surface area contributed by atoms with Gasteiger partial charge in [-0.05, 0) is 38.6 Å². The Balaban J connectivity index is 2.17. The zero-order valence-corrected chi connectivity index (χ0v) is 11.3. The normalized spacial score (nSPS) is 26.8. The van der Waals surface area contributed by atoms with Gasteiger partial charge in [0, 0.05) is 6.54 Å². The number of hydrogen-bond donors (Lipinski definition) is 1. The van der Waals surface area contributed by atoms with Crippen molar-refractivity contribution >= 4 is 23.4 Å². The second kappa shape index (κ2) is 4.35. The molecule has 3 rings (SSSR count). The Morgan fingerprint density at radius 2 is 2.32 bits per heavy atom. The van der Waals surface area contributed by atoms with E-state index in [2.05, 4.69) is 5.32 Å². The maximum atomic E-state index is 14.4. The molecule has 4 nitrogen and oxygen atoms in total. The van der Waals surface area contributed by atoms with Crippen LogP contribution in [-0.4, -0.2) is 31.1 Å². The topological polar surface area (TPSA) is 41.6 Å². The first-order chi connectivity index (χ1) is 9.02. The Labute approximate surface area is 115 Å². The zero-order valence-electron chi connectivity index (χ0n) is 10.5. The molecule has 2 aliphatic rings. The summed E-state index contributed by atoms with van der Waals surface area (Å²) in [5, 5.41) is 2.58. The number of fused-ring (bicyclic) bond motifs is 2. The van der Waals surface area contributed by atoms with Crippen molar-refractivity contribution in [2.75, 3.05) is 25.5 Å². The Kier molecular flexibility index (Phi) is 2.91. The van der Waals surface area contributed by atoms with Gasteiger partial charge >= 0.3 is 6.09 Å². The van der Waals surface area contributed by atoms with Crippen LogP contribution in [-0.2, 0) is 10.3 Å². The molecular formula is C13H14ClFN2O2. The average molecular weight is 285 g/mol. The van der Waals surface area contributed by atoms with Crippen molar-refractivity contribution in [2.24, 2.45) is 0 Å². The minimum absolute atomic E-state index is 0.0473. The van der Waals surface area contributed by atoms with Crippen molar-refractivity contribution in [3.8, 4) is 0 Å². The minimum atomic E-state index is -0.931. The van der Waals surface area contributed by atoms with Gasteiger partial charge in [0.05, 0.1) is 16.3 Å². The van der Waals surface area contributed by atoms with Crippen LogP contribution in [0.3, 0.4) is 0 Å². The molecule has 0 radical (unpaired) electrons. The van der Waals surface area contributed by atoms with E-state index in [9.17, 15) is 9.18 Å². The van der Waals surface area contributed by atoms with Crippen molar-refractivity contribution < 1.29 is 13.9 Å². The molecule has 2 heterocycles. The molecule has 0 saturated carbocycles. The second-order valence-electron chi connectivity index (χ2n) is 5.13. The summed E-state index contributed by atoms with van der Waals surface area (Å²) in [6, 6.07) is 3.07. The molecule has 102 valence electrons. The molecule has 0 unspecified atom stereocenters. The minimum Gasteiger partial charge on any atom is -0.436 e. The molecule has 19 heavy (non-hydrogen) atoms. The van der Waals surface area contributed by atoms with Crippen LogP contribution >= 0.6 is 11.6 Å². The number of amides is 1. The van der Waals surface area contributed by atoms with E-state index in [0.29, 0.717) is 24.2 Å². The number of likely N-dealkylation sites (N-methyl/N-ethyl adjacent to an activating group) is 1. The lowest BCUT2D eigenvalue weighted by Gasteiger charge is -2.44. The van der Waals surface area contributed by atoms with Crippen LogP contribution in [0.1, 0.15) is 18.4 Å². The molecule has 1 saturated heterocycles. The van der Waals surface area contributed by atoms with Gasteiger partial charge in [0.1, 0.15) is 0 Å². The summed E-state index contributed by atoms with van der Waals surface area (Å²) in [6.07, 6.45) is 0.911. The van der Waals surface area contributed by atoms with E-state index >= 15 is 0 Å². The average Bonchev–Trinajstić information content (AvgIpc) is 2.33. The molecule has 1 fully saturated rings. The molecule has 1 aromatic rings. The summed E-state index contributed by atoms with van der Waals surface area (Å²) in [5.74, 6) is -0.505. The highest BCUT2D eigenvalue weighted by Gasteiger charge is 2.46. The van der Waals surface area contributed by atoms with Crippen molar-refractivity contribution in [1.82, 2.24) is 4.90 Å². The first kappa shape index (κ1) is 12.7. The Morgan fingerprint density at radius 3 is 3.05 bits per heavy atom. The third-order valence-electron chi connectivity index (χ3n) is 3.72. The van der Waals surface area contributed by atoms with Crippen LogP contribution in [0.4, 0.5) is 14.9 Å². The molecule has 6 heteroatoms. The molecule has 1 amide bonds. The molecule has 2 aliphatic heterocycles. The molecule has 1 atom stereocenters. The van der Waals surface area contributed by atoms with E-state index in [-0.39, 0.29) is 5.02 Å². The molecule has 1 N–H and O–H groups in total. The lowest BCUT2D eigenvalue weighted by atomic mass is 9.83. The number of nitrogens with zero attached hydrogens (tertiary/aromatic N) is 1. The van der Waals surface area contributed by atoms with Gasteiger partial charge < -0.3 is 9.64 Å². The number of likely N-dealkylation sites (tertiary alicyclic amines) is 1. The number of nitrogens with one attached hydrogen (secondary N) is 1. The number of hydrogen-bond acceptors (Lipinski definition) is 3. The van der Waals surface area contributed by atoms with Gasteiger partial charge in [-0.2, -0.15) is 0 Å². The fraction of sp³-hybridized carbons (Fsp3) is 0.462. The summed E-state index contributed by atoms with van der Waals surface area (Å²) in [6.45, 7) is 1.38. The largest absolute Gasteiger partial charge is 0.436 e. The van der Waals surface area contributed by atoms with Crippen LogP contribution in [0.2, 0.25) is 5.02 Å². The summed E-state index contributed by atoms with van der Waals surface area (Å²) >= 11 is 5.86. The number of benzene rings is 1. The van der Waals surface area contributed by atoms with Crippen LogP contribution < -0.4 is 5.32 Å². The number of anilines is 1. The standard InChI is InChI=1S/C13H14ClFN2O2/c1-17-6-2-5-13(7-17)10-9(16-12(18)19-13)4-3-8(14)11(10)15/h3-4H,2,5-7H2,1H3,(H,16,18)/t13-/m0/s1. The maximum absolute atomic E-state index is 14.4. The van der Waals surface area contributed by atoms with Crippen molar-refractivity contribution in [2.45, 2.75) is 18.4 Å². The predicted molar refractivity (Wildman–Crippen MR) is 69.9 cm³/mol. The third-order valence-corrected chi connectivity index (χ3v) is 4.01. The van der Waals surface area contributed by atoms with Gasteiger partial charge in [-0.3, -0.25) is 5.32 Å². The first-order valence-electron chi connectivity index (χ1n) is 6.19. The second-order valence-corrected chi connectivity index (χ2v) is 5.54. The number of carbonyl (C=O) groups is 1. The van der Waals surface area contributed by atoms with Crippen LogP contribution in [0.5, 0.6) is 0 Å². The number of piperidine rings is 1. The molecule has 0 bridgehead atoms. The fourth-order valence-corrected chi connectivity index (χ4v) is 3.14. The third kappa shape index (κ3) is 1.97. The van der Waals surface area contributed by atoms with E-state index < -0.39 is 17.5 Å². The van der Waals surface area contributed by atoms with Gasteiger partial charge in [-0.15, -0.1) is 0 Å². The van der Waals surface area contributed by atoms with E-state index in [1.54, 1.807) is 6.07 Å². The lowest BCUT2D eigenvalue weighted by Crippen LogP contribution is -2.51. The van der Waals surface area contributed by atoms with E-state index in [0.717, 1.165) is 13.0 Å². The Bertz CT molecular complexity index is 552. The highest BCUT2D eigenvalue weighted by Crippen LogP contribution is 2.44. The summed E-state index contributed by atoms with van der Waals surface area (Å²) in [5.41, 5.74) is -0.112. The predicted octanol–water partition coefficient (Wildman–Crippen LogP) is 2.96. The highest BCUT2D eigenvalue weighted by molar-refractivity contribution is 6.31. The van der Waals surface area contributed by atoms with Gasteiger partial charge in [-0.1, -0.05) is 11.6 Å².